The molecule has 0 aliphatic carbocycles. The number of phenolic OH excluding ortho intramolecular Hbond substituents is 1. The van der Waals surface area contributed by atoms with E-state index in [9.17, 15) is 5.11 Å². The third kappa shape index (κ3) is 2.10. The molecule has 6 heteroatoms. The minimum absolute atomic E-state index is 0.181. The third-order valence-corrected chi connectivity index (χ3v) is 3.33. The van der Waals surface area contributed by atoms with Crippen LogP contribution in [0.25, 0.3) is 10.8 Å². The second-order valence-corrected chi connectivity index (χ2v) is 4.74. The van der Waals surface area contributed by atoms with Crippen molar-refractivity contribution >= 4 is 29.2 Å². The van der Waals surface area contributed by atoms with Crippen LogP contribution in [0, 0.1) is 11.7 Å². The highest BCUT2D eigenvalue weighted by atomic mass is 32.1. The van der Waals surface area contributed by atoms with E-state index in [1.54, 1.807) is 19.2 Å². The minimum Gasteiger partial charge on any atom is -0.507 e. The van der Waals surface area contributed by atoms with Gasteiger partial charge >= 0.3 is 0 Å². The van der Waals surface area contributed by atoms with Gasteiger partial charge in [0.15, 0.2) is 0 Å². The van der Waals surface area contributed by atoms with E-state index in [0.717, 1.165) is 10.8 Å². The zero-order chi connectivity index (χ0) is 14.1. The largest absolute Gasteiger partial charge is 0.507 e. The van der Waals surface area contributed by atoms with E-state index in [2.05, 4.69) is 15.3 Å². The van der Waals surface area contributed by atoms with Gasteiger partial charge in [0.05, 0.1) is 6.21 Å². The summed E-state index contributed by atoms with van der Waals surface area (Å²) >= 11 is 5.09. The number of nitrogens with one attached hydrogen (secondary N) is 1. The predicted octanol–water partition coefficient (Wildman–Crippen LogP) is 2.99. The van der Waals surface area contributed by atoms with E-state index < -0.39 is 0 Å². The van der Waals surface area contributed by atoms with Crippen LogP contribution >= 0.6 is 12.2 Å². The van der Waals surface area contributed by atoms with Crippen molar-refractivity contribution in [2.45, 2.75) is 6.92 Å². The Balaban J connectivity index is 2.16. The average molecular weight is 284 g/mol. The molecule has 0 atom stereocenters. The Bertz CT molecular complexity index is 863. The van der Waals surface area contributed by atoms with Crippen molar-refractivity contribution in [1.82, 2.24) is 14.9 Å². The molecule has 2 N–H and O–H groups in total. The van der Waals surface area contributed by atoms with Crippen LogP contribution < -0.4 is 0 Å². The number of phenols is 1. The smallest absolute Gasteiger partial charge is 0.216 e. The van der Waals surface area contributed by atoms with E-state index in [1.807, 2.05) is 30.3 Å². The summed E-state index contributed by atoms with van der Waals surface area (Å²) in [6.45, 7) is 1.80. The topological polar surface area (TPSA) is 66.2 Å². The Morgan fingerprint density at radius 1 is 1.30 bits per heavy atom. The van der Waals surface area contributed by atoms with Crippen molar-refractivity contribution in [1.29, 1.82) is 0 Å². The van der Waals surface area contributed by atoms with Crippen LogP contribution in [0.1, 0.15) is 11.4 Å². The Morgan fingerprint density at radius 3 is 2.85 bits per heavy atom. The van der Waals surface area contributed by atoms with Crippen molar-refractivity contribution < 1.29 is 5.11 Å². The lowest BCUT2D eigenvalue weighted by Crippen LogP contribution is -1.94. The molecule has 1 aromatic heterocycles. The maximum absolute atomic E-state index is 10.0. The van der Waals surface area contributed by atoms with Crippen molar-refractivity contribution in [2.75, 3.05) is 0 Å². The van der Waals surface area contributed by atoms with Crippen LogP contribution in [-0.4, -0.2) is 26.2 Å². The molecule has 0 saturated carbocycles. The van der Waals surface area contributed by atoms with Crippen LogP contribution in [0.5, 0.6) is 5.75 Å². The Hall–Kier alpha value is -2.47. The standard InChI is InChI=1S/C14H12N4OS/c1-9-16-17-14(20)18(9)15-8-12-11-5-3-2-4-10(11)6-7-13(12)19/h2-8,19H,1H3,(H,17,20)/b15-8-. The molecular formula is C14H12N4OS. The van der Waals surface area contributed by atoms with Gasteiger partial charge in [-0.3, -0.25) is 5.10 Å². The van der Waals surface area contributed by atoms with Gasteiger partial charge in [0.2, 0.25) is 4.77 Å². The summed E-state index contributed by atoms with van der Waals surface area (Å²) in [5.41, 5.74) is 0.658. The number of aromatic hydroxyl groups is 1. The molecule has 0 radical (unpaired) electrons. The van der Waals surface area contributed by atoms with Crippen molar-refractivity contribution in [2.24, 2.45) is 5.10 Å². The number of rotatable bonds is 2. The molecule has 0 bridgehead atoms. The van der Waals surface area contributed by atoms with Gasteiger partial charge in [0.1, 0.15) is 11.6 Å². The van der Waals surface area contributed by atoms with Gasteiger partial charge in [-0.15, -0.1) is 0 Å². The Morgan fingerprint density at radius 2 is 2.10 bits per heavy atom. The number of aromatic nitrogens is 3. The zero-order valence-electron chi connectivity index (χ0n) is 10.7. The molecule has 2 aromatic carbocycles. The number of fused-ring (bicyclic) bond motifs is 1. The summed E-state index contributed by atoms with van der Waals surface area (Å²) in [6.07, 6.45) is 1.59. The molecule has 0 unspecified atom stereocenters. The van der Waals surface area contributed by atoms with Crippen molar-refractivity contribution in [3.63, 3.8) is 0 Å². The highest BCUT2D eigenvalue weighted by molar-refractivity contribution is 7.71. The molecular weight excluding hydrogens is 272 g/mol. The summed E-state index contributed by atoms with van der Waals surface area (Å²) < 4.78 is 1.93. The minimum atomic E-state index is 0.181. The lowest BCUT2D eigenvalue weighted by molar-refractivity contribution is 0.475. The number of benzene rings is 2. The van der Waals surface area contributed by atoms with E-state index in [0.29, 0.717) is 16.2 Å². The number of aryl methyl sites for hydroxylation is 1. The normalized spacial score (nSPS) is 11.4. The summed E-state index contributed by atoms with van der Waals surface area (Å²) in [6, 6.07) is 11.3. The number of H-pyrrole nitrogens is 1. The molecule has 3 aromatic rings. The van der Waals surface area contributed by atoms with Crippen LogP contribution in [-0.2, 0) is 0 Å². The van der Waals surface area contributed by atoms with Crippen LogP contribution in [0.4, 0.5) is 0 Å². The van der Waals surface area contributed by atoms with Gasteiger partial charge in [-0.05, 0) is 36.0 Å². The lowest BCUT2D eigenvalue weighted by Gasteiger charge is -2.04. The molecule has 5 nitrogen and oxygen atoms in total. The zero-order valence-corrected chi connectivity index (χ0v) is 11.6. The number of aromatic amines is 1. The quantitative estimate of drug-likeness (QED) is 0.561. The fraction of sp³-hybridized carbons (Fsp3) is 0.0714. The number of nitrogens with zero attached hydrogens (tertiary/aromatic N) is 3. The van der Waals surface area contributed by atoms with Gasteiger partial charge < -0.3 is 5.11 Å². The maximum atomic E-state index is 10.0. The summed E-state index contributed by atoms with van der Waals surface area (Å²) in [4.78, 5) is 0. The summed E-state index contributed by atoms with van der Waals surface area (Å²) in [5.74, 6) is 0.839. The number of hydrogen-bond acceptors (Lipinski definition) is 4. The Labute approximate surface area is 120 Å². The van der Waals surface area contributed by atoms with Gasteiger partial charge in [-0.1, -0.05) is 30.3 Å². The monoisotopic (exact) mass is 284 g/mol. The SMILES string of the molecule is Cc1n[nH]c(=S)n1/N=C\c1c(O)ccc2ccccc12. The van der Waals surface area contributed by atoms with Gasteiger partial charge in [-0.2, -0.15) is 14.9 Å². The van der Waals surface area contributed by atoms with E-state index in [-0.39, 0.29) is 5.75 Å². The summed E-state index contributed by atoms with van der Waals surface area (Å²) in [7, 11) is 0. The second kappa shape index (κ2) is 4.90. The highest BCUT2D eigenvalue weighted by Crippen LogP contribution is 2.25. The molecule has 0 aliphatic rings. The molecule has 0 aliphatic heterocycles. The van der Waals surface area contributed by atoms with Crippen LogP contribution in [0.15, 0.2) is 41.5 Å². The first-order valence-electron chi connectivity index (χ1n) is 6.06. The van der Waals surface area contributed by atoms with Crippen molar-refractivity contribution in [3.05, 3.63) is 52.6 Å². The molecule has 0 saturated heterocycles. The average Bonchev–Trinajstić information content (AvgIpc) is 2.77. The second-order valence-electron chi connectivity index (χ2n) is 4.35. The molecule has 3 rings (SSSR count). The Kier molecular flexibility index (Phi) is 3.08. The third-order valence-electron chi connectivity index (χ3n) is 3.06. The van der Waals surface area contributed by atoms with Crippen LogP contribution in [0.3, 0.4) is 0 Å². The van der Waals surface area contributed by atoms with E-state index >= 15 is 0 Å². The van der Waals surface area contributed by atoms with Crippen molar-refractivity contribution in [3.8, 4) is 5.75 Å². The highest BCUT2D eigenvalue weighted by Gasteiger charge is 2.05. The first kappa shape index (κ1) is 12.6. The maximum Gasteiger partial charge on any atom is 0.216 e. The summed E-state index contributed by atoms with van der Waals surface area (Å²) in [5, 5.41) is 22.9. The molecule has 1 heterocycles. The fourth-order valence-corrected chi connectivity index (χ4v) is 2.27. The molecule has 20 heavy (non-hydrogen) atoms. The van der Waals surface area contributed by atoms with Gasteiger partial charge in [-0.25, -0.2) is 0 Å². The molecule has 100 valence electrons. The van der Waals surface area contributed by atoms with E-state index in [1.165, 1.54) is 4.68 Å². The van der Waals surface area contributed by atoms with Crippen LogP contribution in [0.2, 0.25) is 0 Å². The lowest BCUT2D eigenvalue weighted by atomic mass is 10.0. The van der Waals surface area contributed by atoms with Gasteiger partial charge in [0.25, 0.3) is 0 Å². The number of hydrogen-bond donors (Lipinski definition) is 2. The van der Waals surface area contributed by atoms with E-state index in [4.69, 9.17) is 12.2 Å². The molecule has 0 spiro atoms. The molecule has 0 amide bonds. The van der Waals surface area contributed by atoms with Gasteiger partial charge in [0, 0.05) is 5.56 Å². The fourth-order valence-electron chi connectivity index (χ4n) is 2.04. The molecule has 0 fully saturated rings. The first-order chi connectivity index (χ1) is 9.66. The first-order valence-corrected chi connectivity index (χ1v) is 6.47. The predicted molar refractivity (Wildman–Crippen MR) is 80.8 cm³/mol.